The zero-order valence-electron chi connectivity index (χ0n) is 15.3. The van der Waals surface area contributed by atoms with Crippen LogP contribution in [0.25, 0.3) is 0 Å². The highest BCUT2D eigenvalue weighted by Gasteiger charge is 2.15. The summed E-state index contributed by atoms with van der Waals surface area (Å²) in [4.78, 5) is 27.2. The van der Waals surface area contributed by atoms with Gasteiger partial charge >= 0.3 is 6.09 Å². The molecule has 0 aliphatic carbocycles. The smallest absolute Gasteiger partial charge is 0.407 e. The van der Waals surface area contributed by atoms with Crippen LogP contribution in [0.3, 0.4) is 0 Å². The molecule has 0 saturated heterocycles. The summed E-state index contributed by atoms with van der Waals surface area (Å²) in [6.45, 7) is 5.74. The SMILES string of the molecule is COc1ccc(C=O)c(Nc2cccc(CNC(=O)OC(C)(C)C)c2)n1. The molecule has 1 aromatic carbocycles. The molecule has 1 heterocycles. The van der Waals surface area contributed by atoms with E-state index in [-0.39, 0.29) is 0 Å². The van der Waals surface area contributed by atoms with E-state index in [9.17, 15) is 9.59 Å². The number of nitrogens with zero attached hydrogens (tertiary/aromatic N) is 1. The summed E-state index contributed by atoms with van der Waals surface area (Å²) < 4.78 is 10.3. The molecule has 0 aliphatic rings. The number of nitrogens with one attached hydrogen (secondary N) is 2. The fourth-order valence-electron chi connectivity index (χ4n) is 2.15. The van der Waals surface area contributed by atoms with E-state index in [4.69, 9.17) is 9.47 Å². The van der Waals surface area contributed by atoms with Gasteiger partial charge in [-0.2, -0.15) is 4.98 Å². The van der Waals surface area contributed by atoms with Crippen molar-refractivity contribution in [3.63, 3.8) is 0 Å². The van der Waals surface area contributed by atoms with E-state index in [2.05, 4.69) is 15.6 Å². The van der Waals surface area contributed by atoms with Gasteiger partial charge in [0.15, 0.2) is 6.29 Å². The molecule has 0 unspecified atom stereocenters. The maximum Gasteiger partial charge on any atom is 0.407 e. The first-order valence-corrected chi connectivity index (χ1v) is 8.14. The summed E-state index contributed by atoms with van der Waals surface area (Å²) >= 11 is 0. The Bertz CT molecular complexity index is 785. The monoisotopic (exact) mass is 357 g/mol. The number of aldehydes is 1. The minimum Gasteiger partial charge on any atom is -0.481 e. The number of carbonyl (C=O) groups excluding carboxylic acids is 2. The lowest BCUT2D eigenvalue weighted by atomic mass is 10.2. The number of amides is 1. The third-order valence-corrected chi connectivity index (χ3v) is 3.26. The number of alkyl carbamates (subject to hydrolysis) is 1. The molecule has 1 aromatic heterocycles. The molecule has 7 nitrogen and oxygen atoms in total. The Balaban J connectivity index is 2.08. The van der Waals surface area contributed by atoms with Crippen LogP contribution in [-0.4, -0.2) is 30.1 Å². The van der Waals surface area contributed by atoms with Gasteiger partial charge < -0.3 is 20.1 Å². The van der Waals surface area contributed by atoms with Crippen LogP contribution in [0.5, 0.6) is 5.88 Å². The van der Waals surface area contributed by atoms with E-state index in [0.717, 1.165) is 17.5 Å². The standard InChI is InChI=1S/C19H23N3O4/c1-19(2,3)26-18(24)20-11-13-6-5-7-15(10-13)21-17-14(12-23)8-9-16(22-17)25-4/h5-10,12H,11H2,1-4H3,(H,20,24)(H,21,22). The van der Waals surface area contributed by atoms with Crippen molar-refractivity contribution in [1.29, 1.82) is 0 Å². The van der Waals surface area contributed by atoms with E-state index < -0.39 is 11.7 Å². The van der Waals surface area contributed by atoms with E-state index in [0.29, 0.717) is 23.8 Å². The molecule has 1 amide bonds. The van der Waals surface area contributed by atoms with Gasteiger partial charge in [0.05, 0.1) is 12.7 Å². The van der Waals surface area contributed by atoms with Gasteiger partial charge in [0.25, 0.3) is 0 Å². The fraction of sp³-hybridized carbons (Fsp3) is 0.316. The van der Waals surface area contributed by atoms with Gasteiger partial charge in [-0.25, -0.2) is 4.79 Å². The van der Waals surface area contributed by atoms with Crippen molar-refractivity contribution in [2.45, 2.75) is 32.9 Å². The average Bonchev–Trinajstić information content (AvgIpc) is 2.59. The summed E-state index contributed by atoms with van der Waals surface area (Å²) in [6, 6.07) is 10.7. The molecular formula is C19H23N3O4. The number of aromatic nitrogens is 1. The maximum absolute atomic E-state index is 11.8. The lowest BCUT2D eigenvalue weighted by molar-refractivity contribution is 0.0523. The Kier molecular flexibility index (Phi) is 6.16. The maximum atomic E-state index is 11.8. The van der Waals surface area contributed by atoms with Crippen molar-refractivity contribution in [2.75, 3.05) is 12.4 Å². The Hall–Kier alpha value is -3.09. The quantitative estimate of drug-likeness (QED) is 0.767. The second kappa shape index (κ2) is 8.33. The minimum atomic E-state index is -0.545. The van der Waals surface area contributed by atoms with Crippen LogP contribution in [-0.2, 0) is 11.3 Å². The number of anilines is 2. The van der Waals surface area contributed by atoms with Crippen LogP contribution < -0.4 is 15.4 Å². The fourth-order valence-corrected chi connectivity index (χ4v) is 2.15. The van der Waals surface area contributed by atoms with Crippen LogP contribution in [0.4, 0.5) is 16.3 Å². The lowest BCUT2D eigenvalue weighted by Crippen LogP contribution is -2.32. The summed E-state index contributed by atoms with van der Waals surface area (Å²) in [5.74, 6) is 0.803. The van der Waals surface area contributed by atoms with Crippen molar-refractivity contribution >= 4 is 23.9 Å². The number of carbonyl (C=O) groups is 2. The Morgan fingerprint density at radius 2 is 2.00 bits per heavy atom. The van der Waals surface area contributed by atoms with Crippen molar-refractivity contribution < 1.29 is 19.1 Å². The Morgan fingerprint density at radius 3 is 2.65 bits per heavy atom. The number of hydrogen-bond donors (Lipinski definition) is 2. The minimum absolute atomic E-state index is 0.316. The molecule has 0 fully saturated rings. The first kappa shape index (κ1) is 19.2. The molecule has 26 heavy (non-hydrogen) atoms. The lowest BCUT2D eigenvalue weighted by Gasteiger charge is -2.19. The molecule has 138 valence electrons. The molecule has 0 saturated carbocycles. The first-order valence-electron chi connectivity index (χ1n) is 8.14. The predicted molar refractivity (Wildman–Crippen MR) is 99.0 cm³/mol. The molecule has 2 aromatic rings. The number of rotatable bonds is 6. The number of methoxy groups -OCH3 is 1. The van der Waals surface area contributed by atoms with Gasteiger partial charge in [0.1, 0.15) is 11.4 Å². The molecule has 7 heteroatoms. The van der Waals surface area contributed by atoms with Crippen LogP contribution in [0.1, 0.15) is 36.7 Å². The Morgan fingerprint density at radius 1 is 1.23 bits per heavy atom. The van der Waals surface area contributed by atoms with E-state index in [1.54, 1.807) is 12.1 Å². The second-order valence-corrected chi connectivity index (χ2v) is 6.59. The highest BCUT2D eigenvalue weighted by atomic mass is 16.6. The van der Waals surface area contributed by atoms with E-state index in [1.807, 2.05) is 45.0 Å². The number of hydrogen-bond acceptors (Lipinski definition) is 6. The van der Waals surface area contributed by atoms with Gasteiger partial charge in [-0.05, 0) is 44.5 Å². The molecule has 0 radical (unpaired) electrons. The van der Waals surface area contributed by atoms with E-state index in [1.165, 1.54) is 7.11 Å². The van der Waals surface area contributed by atoms with Gasteiger partial charge in [-0.1, -0.05) is 12.1 Å². The Labute approximate surface area is 152 Å². The normalized spacial score (nSPS) is 10.8. The van der Waals surface area contributed by atoms with Crippen molar-refractivity contribution in [3.8, 4) is 5.88 Å². The summed E-state index contributed by atoms with van der Waals surface area (Å²) in [5, 5.41) is 5.80. The number of pyridine rings is 1. The van der Waals surface area contributed by atoms with Crippen LogP contribution in [0, 0.1) is 0 Å². The number of benzene rings is 1. The van der Waals surface area contributed by atoms with Crippen LogP contribution >= 0.6 is 0 Å². The number of ether oxygens (including phenoxy) is 2. The summed E-state index contributed by atoms with van der Waals surface area (Å²) in [6.07, 6.45) is 0.247. The summed E-state index contributed by atoms with van der Waals surface area (Å²) in [5.41, 5.74) is 1.48. The second-order valence-electron chi connectivity index (χ2n) is 6.59. The third kappa shape index (κ3) is 5.77. The average molecular weight is 357 g/mol. The highest BCUT2D eigenvalue weighted by Crippen LogP contribution is 2.21. The zero-order chi connectivity index (χ0) is 19.2. The molecular weight excluding hydrogens is 334 g/mol. The third-order valence-electron chi connectivity index (χ3n) is 3.26. The topological polar surface area (TPSA) is 89.6 Å². The molecule has 0 bridgehead atoms. The first-order chi connectivity index (χ1) is 12.3. The van der Waals surface area contributed by atoms with Gasteiger partial charge in [-0.15, -0.1) is 0 Å². The molecule has 2 N–H and O–H groups in total. The highest BCUT2D eigenvalue weighted by molar-refractivity contribution is 5.84. The zero-order valence-corrected chi connectivity index (χ0v) is 15.3. The van der Waals surface area contributed by atoms with Crippen LogP contribution in [0.2, 0.25) is 0 Å². The van der Waals surface area contributed by atoms with Crippen LogP contribution in [0.15, 0.2) is 36.4 Å². The van der Waals surface area contributed by atoms with Gasteiger partial charge in [0, 0.05) is 18.3 Å². The van der Waals surface area contributed by atoms with Crippen molar-refractivity contribution in [3.05, 3.63) is 47.5 Å². The van der Waals surface area contributed by atoms with Gasteiger partial charge in [-0.3, -0.25) is 4.79 Å². The van der Waals surface area contributed by atoms with Crippen molar-refractivity contribution in [2.24, 2.45) is 0 Å². The molecule has 0 atom stereocenters. The molecule has 0 spiro atoms. The molecule has 2 rings (SSSR count). The molecule has 0 aliphatic heterocycles. The van der Waals surface area contributed by atoms with Gasteiger partial charge in [0.2, 0.25) is 5.88 Å². The summed E-state index contributed by atoms with van der Waals surface area (Å²) in [7, 11) is 1.51. The largest absolute Gasteiger partial charge is 0.481 e. The predicted octanol–water partition coefficient (Wildman–Crippen LogP) is 3.67. The van der Waals surface area contributed by atoms with E-state index >= 15 is 0 Å². The van der Waals surface area contributed by atoms with Crippen molar-refractivity contribution in [1.82, 2.24) is 10.3 Å².